The van der Waals surface area contributed by atoms with Crippen molar-refractivity contribution in [1.82, 2.24) is 0 Å². The summed E-state index contributed by atoms with van der Waals surface area (Å²) in [6, 6.07) is 7.25. The summed E-state index contributed by atoms with van der Waals surface area (Å²) in [5, 5.41) is 7.21. The number of benzene rings is 2. The first-order valence-electron chi connectivity index (χ1n) is 7.28. The Morgan fingerprint density at radius 1 is 1.26 bits per heavy atom. The standard InChI is InChI=1S/C16H13BrClFN2O5S/c1-8(15(22)21-14-5-2-9(17)6-13(14)19)26-16(23)11-7-10(27(20,24)25)3-4-12(11)18/h2-8H,1H3,(H,21,22)(H2,20,24,25). The molecule has 2 aromatic carbocycles. The van der Waals surface area contributed by atoms with E-state index in [0.29, 0.717) is 4.47 Å². The SMILES string of the molecule is CC(OC(=O)c1cc(S(N)(=O)=O)ccc1Cl)C(=O)Nc1ccc(Br)cc1F. The van der Waals surface area contributed by atoms with Crippen molar-refractivity contribution >= 4 is 55.1 Å². The van der Waals surface area contributed by atoms with Gasteiger partial charge in [0.25, 0.3) is 5.91 Å². The molecule has 1 unspecified atom stereocenters. The quantitative estimate of drug-likeness (QED) is 0.640. The first-order chi connectivity index (χ1) is 12.5. The number of carbonyl (C=O) groups is 2. The number of ether oxygens (including phenoxy) is 1. The fourth-order valence-electron chi connectivity index (χ4n) is 1.94. The van der Waals surface area contributed by atoms with Crippen LogP contribution in [-0.4, -0.2) is 26.4 Å². The Kier molecular flexibility index (Phi) is 6.58. The Balaban J connectivity index is 2.14. The summed E-state index contributed by atoms with van der Waals surface area (Å²) in [6.45, 7) is 1.27. The molecule has 2 rings (SSSR count). The highest BCUT2D eigenvalue weighted by molar-refractivity contribution is 9.10. The van der Waals surface area contributed by atoms with Gasteiger partial charge >= 0.3 is 5.97 Å². The van der Waals surface area contributed by atoms with Crippen molar-refractivity contribution in [3.8, 4) is 0 Å². The van der Waals surface area contributed by atoms with E-state index in [0.717, 1.165) is 18.2 Å². The zero-order chi connectivity index (χ0) is 20.4. The second-order valence-electron chi connectivity index (χ2n) is 5.35. The van der Waals surface area contributed by atoms with Crippen LogP contribution in [0.25, 0.3) is 0 Å². The van der Waals surface area contributed by atoms with E-state index in [-0.39, 0.29) is 21.2 Å². The minimum atomic E-state index is -4.06. The van der Waals surface area contributed by atoms with Crippen LogP contribution in [0.2, 0.25) is 5.02 Å². The number of rotatable bonds is 5. The van der Waals surface area contributed by atoms with Crippen molar-refractivity contribution < 1.29 is 27.1 Å². The number of carbonyl (C=O) groups excluding carboxylic acids is 2. The Morgan fingerprint density at radius 2 is 1.93 bits per heavy atom. The number of hydrogen-bond donors (Lipinski definition) is 2. The van der Waals surface area contributed by atoms with Gasteiger partial charge in [0.05, 0.1) is 21.2 Å². The van der Waals surface area contributed by atoms with Crippen LogP contribution in [-0.2, 0) is 19.6 Å². The third-order valence-corrected chi connectivity index (χ3v) is 5.06. The van der Waals surface area contributed by atoms with Gasteiger partial charge in [-0.05, 0) is 43.3 Å². The zero-order valence-electron chi connectivity index (χ0n) is 13.7. The van der Waals surface area contributed by atoms with Crippen LogP contribution in [0.4, 0.5) is 10.1 Å². The molecule has 0 aliphatic rings. The van der Waals surface area contributed by atoms with Gasteiger partial charge in [0.2, 0.25) is 10.0 Å². The van der Waals surface area contributed by atoms with Crippen LogP contribution < -0.4 is 10.5 Å². The summed E-state index contributed by atoms with van der Waals surface area (Å²) < 4.78 is 42.0. The van der Waals surface area contributed by atoms with Crippen molar-refractivity contribution in [2.45, 2.75) is 17.9 Å². The van der Waals surface area contributed by atoms with Crippen molar-refractivity contribution in [1.29, 1.82) is 0 Å². The number of esters is 1. The number of nitrogens with two attached hydrogens (primary N) is 1. The van der Waals surface area contributed by atoms with Crippen LogP contribution in [0.5, 0.6) is 0 Å². The van der Waals surface area contributed by atoms with E-state index in [9.17, 15) is 22.4 Å². The molecule has 1 amide bonds. The molecule has 0 heterocycles. The van der Waals surface area contributed by atoms with Crippen LogP contribution in [0, 0.1) is 5.82 Å². The van der Waals surface area contributed by atoms with Gasteiger partial charge in [-0.1, -0.05) is 27.5 Å². The van der Waals surface area contributed by atoms with Gasteiger partial charge in [-0.15, -0.1) is 0 Å². The first-order valence-corrected chi connectivity index (χ1v) is 10.00. The van der Waals surface area contributed by atoms with Crippen molar-refractivity contribution in [2.75, 3.05) is 5.32 Å². The van der Waals surface area contributed by atoms with Gasteiger partial charge in [-0.25, -0.2) is 22.7 Å². The summed E-state index contributed by atoms with van der Waals surface area (Å²) in [7, 11) is -4.06. The van der Waals surface area contributed by atoms with E-state index >= 15 is 0 Å². The van der Waals surface area contributed by atoms with Gasteiger partial charge in [0.15, 0.2) is 6.10 Å². The predicted octanol–water partition coefficient (Wildman–Crippen LogP) is 3.07. The molecule has 27 heavy (non-hydrogen) atoms. The molecule has 0 saturated carbocycles. The summed E-state index contributed by atoms with van der Waals surface area (Å²) in [5.74, 6) is -2.51. The van der Waals surface area contributed by atoms with Gasteiger partial charge in [0, 0.05) is 4.47 Å². The Labute approximate surface area is 167 Å². The minimum Gasteiger partial charge on any atom is -0.449 e. The van der Waals surface area contributed by atoms with Crippen molar-refractivity contribution in [3.05, 3.63) is 57.3 Å². The molecule has 0 aromatic heterocycles. The highest BCUT2D eigenvalue weighted by atomic mass is 79.9. The number of anilines is 1. The maximum atomic E-state index is 13.8. The highest BCUT2D eigenvalue weighted by Gasteiger charge is 2.23. The lowest BCUT2D eigenvalue weighted by Gasteiger charge is -2.15. The molecule has 0 aliphatic heterocycles. The third kappa shape index (κ3) is 5.48. The Bertz CT molecular complexity index is 1020. The lowest BCUT2D eigenvalue weighted by Crippen LogP contribution is -2.30. The molecule has 3 N–H and O–H groups in total. The monoisotopic (exact) mass is 478 g/mol. The second-order valence-corrected chi connectivity index (χ2v) is 8.23. The van der Waals surface area contributed by atoms with Crippen molar-refractivity contribution in [3.63, 3.8) is 0 Å². The third-order valence-electron chi connectivity index (χ3n) is 3.33. The van der Waals surface area contributed by atoms with Gasteiger partial charge < -0.3 is 10.1 Å². The smallest absolute Gasteiger partial charge is 0.340 e. The van der Waals surface area contributed by atoms with Gasteiger partial charge in [-0.2, -0.15) is 0 Å². The summed E-state index contributed by atoms with van der Waals surface area (Å²) in [4.78, 5) is 24.0. The molecule has 2 aromatic rings. The number of amides is 1. The second kappa shape index (κ2) is 8.34. The van der Waals surface area contributed by atoms with E-state index in [1.54, 1.807) is 0 Å². The van der Waals surface area contributed by atoms with Crippen LogP contribution in [0.3, 0.4) is 0 Å². The van der Waals surface area contributed by atoms with E-state index in [4.69, 9.17) is 21.5 Å². The fraction of sp³-hybridized carbons (Fsp3) is 0.125. The number of hydrogen-bond acceptors (Lipinski definition) is 5. The number of nitrogens with one attached hydrogen (secondary N) is 1. The molecule has 0 fully saturated rings. The van der Waals surface area contributed by atoms with Crippen LogP contribution >= 0.6 is 27.5 Å². The fourth-order valence-corrected chi connectivity index (χ4v) is 3.01. The van der Waals surface area contributed by atoms with E-state index in [2.05, 4.69) is 21.2 Å². The summed E-state index contributed by atoms with van der Waals surface area (Å²) >= 11 is 8.97. The lowest BCUT2D eigenvalue weighted by molar-refractivity contribution is -0.123. The molecular formula is C16H13BrClFN2O5S. The molecule has 144 valence electrons. The molecule has 1 atom stereocenters. The summed E-state index contributed by atoms with van der Waals surface area (Å²) in [6.07, 6.45) is -1.31. The summed E-state index contributed by atoms with van der Waals surface area (Å²) in [5.41, 5.74) is -0.377. The largest absolute Gasteiger partial charge is 0.449 e. The lowest BCUT2D eigenvalue weighted by atomic mass is 10.2. The van der Waals surface area contributed by atoms with Crippen LogP contribution in [0.1, 0.15) is 17.3 Å². The van der Waals surface area contributed by atoms with E-state index in [1.807, 2.05) is 0 Å². The number of primary sulfonamides is 1. The normalized spacial score (nSPS) is 12.3. The molecule has 0 spiro atoms. The van der Waals surface area contributed by atoms with Gasteiger partial charge in [-0.3, -0.25) is 4.79 Å². The number of halogens is 3. The molecule has 0 bridgehead atoms. The van der Waals surface area contributed by atoms with E-state index < -0.39 is 33.8 Å². The Morgan fingerprint density at radius 3 is 2.52 bits per heavy atom. The molecule has 0 aliphatic carbocycles. The first kappa shape index (κ1) is 21.3. The molecule has 7 nitrogen and oxygen atoms in total. The maximum Gasteiger partial charge on any atom is 0.340 e. The van der Waals surface area contributed by atoms with Gasteiger partial charge in [0.1, 0.15) is 5.82 Å². The van der Waals surface area contributed by atoms with Crippen molar-refractivity contribution in [2.24, 2.45) is 5.14 Å². The molecule has 0 saturated heterocycles. The Hall–Kier alpha value is -2.01. The molecule has 0 radical (unpaired) electrons. The minimum absolute atomic E-state index is 0.0843. The van der Waals surface area contributed by atoms with E-state index in [1.165, 1.54) is 25.1 Å². The molecular weight excluding hydrogens is 467 g/mol. The highest BCUT2D eigenvalue weighted by Crippen LogP contribution is 2.22. The topological polar surface area (TPSA) is 116 Å². The predicted molar refractivity (Wildman–Crippen MR) is 100 cm³/mol. The zero-order valence-corrected chi connectivity index (χ0v) is 16.9. The maximum absolute atomic E-state index is 13.8. The van der Waals surface area contributed by atoms with Crippen LogP contribution in [0.15, 0.2) is 45.8 Å². The average molecular weight is 480 g/mol. The average Bonchev–Trinajstić information content (AvgIpc) is 2.56. The molecule has 11 heteroatoms. The number of sulfonamides is 1.